The van der Waals surface area contributed by atoms with Crippen molar-refractivity contribution in [3.8, 4) is 0 Å². The molecule has 1 fully saturated rings. The summed E-state index contributed by atoms with van der Waals surface area (Å²) in [7, 11) is 0. The highest BCUT2D eigenvalue weighted by Crippen LogP contribution is 2.44. The molecule has 0 heterocycles. The lowest BCUT2D eigenvalue weighted by Crippen LogP contribution is -2.32. The largest absolute Gasteiger partial charge is 0.396 e. The molecule has 0 spiro atoms. The van der Waals surface area contributed by atoms with E-state index >= 15 is 0 Å². The summed E-state index contributed by atoms with van der Waals surface area (Å²) in [6.07, 6.45) is 2.46. The second-order valence-corrected chi connectivity index (χ2v) is 5.53. The van der Waals surface area contributed by atoms with Gasteiger partial charge in [-0.15, -0.1) is 0 Å². The fraction of sp³-hybridized carbons (Fsp3) is 0.533. The molecule has 1 saturated carbocycles. The summed E-state index contributed by atoms with van der Waals surface area (Å²) in [5, 5.41) is 12.1. The first-order valence-corrected chi connectivity index (χ1v) is 6.48. The van der Waals surface area contributed by atoms with E-state index in [1.54, 1.807) is 0 Å². The number of benzene rings is 1. The van der Waals surface area contributed by atoms with Crippen LogP contribution in [0.15, 0.2) is 18.2 Å². The molecule has 3 heteroatoms. The third-order valence-corrected chi connectivity index (χ3v) is 3.89. The van der Waals surface area contributed by atoms with E-state index in [1.165, 1.54) is 11.1 Å². The summed E-state index contributed by atoms with van der Waals surface area (Å²) in [6, 6.07) is 6.11. The van der Waals surface area contributed by atoms with Gasteiger partial charge in [0, 0.05) is 12.0 Å². The maximum absolute atomic E-state index is 11.8. The van der Waals surface area contributed by atoms with Crippen LogP contribution in [-0.2, 0) is 11.2 Å². The Kier molecular flexibility index (Phi) is 3.71. The van der Waals surface area contributed by atoms with E-state index in [1.807, 2.05) is 12.1 Å². The molecule has 0 unspecified atom stereocenters. The molecule has 1 aliphatic carbocycles. The predicted molar refractivity (Wildman–Crippen MR) is 71.4 cm³/mol. The molecule has 2 N–H and O–H groups in total. The lowest BCUT2D eigenvalue weighted by molar-refractivity contribution is -0.120. The van der Waals surface area contributed by atoms with E-state index in [0.29, 0.717) is 13.0 Å². The Hall–Kier alpha value is -1.35. The van der Waals surface area contributed by atoms with Crippen LogP contribution in [0.25, 0.3) is 0 Å². The van der Waals surface area contributed by atoms with Crippen LogP contribution < -0.4 is 5.32 Å². The second kappa shape index (κ2) is 5.11. The molecule has 0 saturated heterocycles. The zero-order valence-electron chi connectivity index (χ0n) is 11.1. The molecule has 0 atom stereocenters. The zero-order chi connectivity index (χ0) is 13.2. The summed E-state index contributed by atoms with van der Waals surface area (Å²) < 4.78 is 0. The Balaban J connectivity index is 1.85. The van der Waals surface area contributed by atoms with Gasteiger partial charge < -0.3 is 10.4 Å². The lowest BCUT2D eigenvalue weighted by Gasteiger charge is -2.13. The third kappa shape index (κ3) is 3.10. The van der Waals surface area contributed by atoms with Gasteiger partial charge in [0.25, 0.3) is 0 Å². The van der Waals surface area contributed by atoms with Crippen molar-refractivity contribution in [2.45, 2.75) is 33.1 Å². The van der Waals surface area contributed by atoms with Gasteiger partial charge in [-0.1, -0.05) is 18.2 Å². The minimum Gasteiger partial charge on any atom is -0.396 e. The monoisotopic (exact) mass is 247 g/mol. The van der Waals surface area contributed by atoms with Gasteiger partial charge in [-0.05, 0) is 43.4 Å². The van der Waals surface area contributed by atoms with E-state index in [0.717, 1.165) is 18.4 Å². The van der Waals surface area contributed by atoms with Crippen molar-refractivity contribution in [1.82, 2.24) is 5.32 Å². The zero-order valence-corrected chi connectivity index (χ0v) is 11.1. The second-order valence-electron chi connectivity index (χ2n) is 5.53. The van der Waals surface area contributed by atoms with Crippen molar-refractivity contribution in [1.29, 1.82) is 0 Å². The number of hydrogen-bond donors (Lipinski definition) is 2. The van der Waals surface area contributed by atoms with Gasteiger partial charge in [0.1, 0.15) is 0 Å². The molecule has 1 aliphatic rings. The average Bonchev–Trinajstić information content (AvgIpc) is 3.12. The summed E-state index contributed by atoms with van der Waals surface area (Å²) in [5.41, 5.74) is 3.49. The molecule has 3 nitrogen and oxygen atoms in total. The van der Waals surface area contributed by atoms with Crippen LogP contribution in [0.1, 0.15) is 29.5 Å². The number of aliphatic hydroxyl groups is 1. The third-order valence-electron chi connectivity index (χ3n) is 3.89. The first-order valence-electron chi connectivity index (χ1n) is 6.48. The maximum Gasteiger partial charge on any atom is 0.224 e. The molecule has 1 amide bonds. The molecule has 18 heavy (non-hydrogen) atoms. The normalized spacial score (nSPS) is 16.4. The molecule has 2 rings (SSSR count). The topological polar surface area (TPSA) is 49.3 Å². The quantitative estimate of drug-likeness (QED) is 0.832. The van der Waals surface area contributed by atoms with Gasteiger partial charge in [0.05, 0.1) is 13.0 Å². The molecule has 98 valence electrons. The summed E-state index contributed by atoms with van der Waals surface area (Å²) >= 11 is 0. The number of aliphatic hydroxyl groups excluding tert-OH is 1. The molecule has 0 bridgehead atoms. The standard InChI is InChI=1S/C15H21NO2/c1-11-3-4-13(7-12(11)2)8-14(18)16-9-15(10-17)5-6-15/h3-4,7,17H,5-6,8-10H2,1-2H3,(H,16,18). The Morgan fingerprint density at radius 1 is 1.33 bits per heavy atom. The van der Waals surface area contributed by atoms with Crippen LogP contribution in [0.5, 0.6) is 0 Å². The first-order chi connectivity index (χ1) is 8.54. The van der Waals surface area contributed by atoms with Crippen LogP contribution in [0.3, 0.4) is 0 Å². The van der Waals surface area contributed by atoms with E-state index in [2.05, 4.69) is 25.2 Å². The fourth-order valence-electron chi connectivity index (χ4n) is 2.02. The van der Waals surface area contributed by atoms with Crippen molar-refractivity contribution in [3.05, 3.63) is 34.9 Å². The Morgan fingerprint density at radius 2 is 2.06 bits per heavy atom. The van der Waals surface area contributed by atoms with Crippen molar-refractivity contribution in [2.75, 3.05) is 13.2 Å². The van der Waals surface area contributed by atoms with E-state index in [4.69, 9.17) is 0 Å². The highest BCUT2D eigenvalue weighted by atomic mass is 16.3. The number of aryl methyl sites for hydroxylation is 2. The Labute approximate surface area is 108 Å². The van der Waals surface area contributed by atoms with Gasteiger partial charge in [0.15, 0.2) is 0 Å². The van der Waals surface area contributed by atoms with E-state index in [-0.39, 0.29) is 17.9 Å². The van der Waals surface area contributed by atoms with Crippen molar-refractivity contribution in [3.63, 3.8) is 0 Å². The summed E-state index contributed by atoms with van der Waals surface area (Å²) in [6.45, 7) is 4.91. The van der Waals surface area contributed by atoms with Gasteiger partial charge in [-0.3, -0.25) is 4.79 Å². The SMILES string of the molecule is Cc1ccc(CC(=O)NCC2(CO)CC2)cc1C. The van der Waals surface area contributed by atoms with Crippen LogP contribution >= 0.6 is 0 Å². The molecular weight excluding hydrogens is 226 g/mol. The lowest BCUT2D eigenvalue weighted by atomic mass is 10.0. The van der Waals surface area contributed by atoms with Crippen molar-refractivity contribution >= 4 is 5.91 Å². The summed E-state index contributed by atoms with van der Waals surface area (Å²) in [4.78, 5) is 11.8. The van der Waals surface area contributed by atoms with Crippen LogP contribution in [0, 0.1) is 19.3 Å². The molecular formula is C15H21NO2. The van der Waals surface area contributed by atoms with Crippen molar-refractivity contribution < 1.29 is 9.90 Å². The molecule has 1 aromatic rings. The number of amides is 1. The van der Waals surface area contributed by atoms with Gasteiger partial charge in [-0.25, -0.2) is 0 Å². The highest BCUT2D eigenvalue weighted by Gasteiger charge is 2.41. The minimum atomic E-state index is -0.0150. The predicted octanol–water partition coefficient (Wildman–Crippen LogP) is 1.73. The fourth-order valence-corrected chi connectivity index (χ4v) is 2.02. The number of hydrogen-bond acceptors (Lipinski definition) is 2. The van der Waals surface area contributed by atoms with Gasteiger partial charge >= 0.3 is 0 Å². The van der Waals surface area contributed by atoms with Crippen LogP contribution in [0.4, 0.5) is 0 Å². The first kappa shape index (κ1) is 13.1. The number of carbonyl (C=O) groups excluding carboxylic acids is 1. The highest BCUT2D eigenvalue weighted by molar-refractivity contribution is 5.78. The Bertz CT molecular complexity index is 450. The Morgan fingerprint density at radius 3 is 2.61 bits per heavy atom. The minimum absolute atomic E-state index is 0.0150. The smallest absolute Gasteiger partial charge is 0.224 e. The summed E-state index contributed by atoms with van der Waals surface area (Å²) in [5.74, 6) is 0.0398. The maximum atomic E-state index is 11.8. The number of carbonyl (C=O) groups is 1. The van der Waals surface area contributed by atoms with E-state index < -0.39 is 0 Å². The molecule has 0 radical (unpaired) electrons. The van der Waals surface area contributed by atoms with Gasteiger partial charge in [-0.2, -0.15) is 0 Å². The molecule has 0 aromatic heterocycles. The van der Waals surface area contributed by atoms with Crippen molar-refractivity contribution in [2.24, 2.45) is 5.41 Å². The van der Waals surface area contributed by atoms with E-state index in [9.17, 15) is 9.90 Å². The van der Waals surface area contributed by atoms with Crippen LogP contribution in [-0.4, -0.2) is 24.2 Å². The number of rotatable bonds is 5. The number of nitrogens with one attached hydrogen (secondary N) is 1. The molecule has 1 aromatic carbocycles. The molecule has 0 aliphatic heterocycles. The average molecular weight is 247 g/mol. The van der Waals surface area contributed by atoms with Crippen LogP contribution in [0.2, 0.25) is 0 Å². The van der Waals surface area contributed by atoms with Gasteiger partial charge in [0.2, 0.25) is 5.91 Å².